The minimum absolute atomic E-state index is 0.142. The number of alkyl halides is 1. The Morgan fingerprint density at radius 2 is 2.27 bits per heavy atom. The van der Waals surface area contributed by atoms with Gasteiger partial charge in [0, 0.05) is 0 Å². The second-order valence-corrected chi connectivity index (χ2v) is 2.35. The molecule has 0 unspecified atom stereocenters. The highest BCUT2D eigenvalue weighted by Crippen LogP contribution is 2.11. The molecule has 0 N–H and O–H groups in total. The van der Waals surface area contributed by atoms with E-state index in [4.69, 9.17) is 4.74 Å². The molecule has 0 aliphatic rings. The predicted octanol–water partition coefficient (Wildman–Crippen LogP) is 2.34. The van der Waals surface area contributed by atoms with Gasteiger partial charge < -0.3 is 4.74 Å². The van der Waals surface area contributed by atoms with Crippen LogP contribution in [0.2, 0.25) is 0 Å². The van der Waals surface area contributed by atoms with E-state index in [-0.39, 0.29) is 6.61 Å². The Balaban J connectivity index is 2.56. The second kappa shape index (κ2) is 3.96. The average molecular weight is 154 g/mol. The lowest BCUT2D eigenvalue weighted by atomic mass is 10.2. The third-order valence-corrected chi connectivity index (χ3v) is 1.34. The van der Waals surface area contributed by atoms with Gasteiger partial charge in [0.25, 0.3) is 0 Å². The Morgan fingerprint density at radius 3 is 2.91 bits per heavy atom. The van der Waals surface area contributed by atoms with E-state index in [0.717, 1.165) is 11.3 Å². The first-order valence-electron chi connectivity index (χ1n) is 3.58. The summed E-state index contributed by atoms with van der Waals surface area (Å²) in [6.07, 6.45) is 0. The van der Waals surface area contributed by atoms with Crippen molar-refractivity contribution < 1.29 is 9.13 Å². The molecule has 0 aliphatic heterocycles. The van der Waals surface area contributed by atoms with Gasteiger partial charge in [0.1, 0.15) is 19.0 Å². The zero-order chi connectivity index (χ0) is 8.10. The molecule has 1 nitrogen and oxygen atoms in total. The van der Waals surface area contributed by atoms with Crippen LogP contribution in [0.1, 0.15) is 5.56 Å². The molecule has 1 aromatic rings. The molecule has 2 heteroatoms. The predicted molar refractivity (Wildman–Crippen MR) is 42.6 cm³/mol. The zero-order valence-electron chi connectivity index (χ0n) is 6.51. The highest BCUT2D eigenvalue weighted by molar-refractivity contribution is 5.27. The van der Waals surface area contributed by atoms with Crippen molar-refractivity contribution in [3.05, 3.63) is 29.8 Å². The summed E-state index contributed by atoms with van der Waals surface area (Å²) in [7, 11) is 0. The van der Waals surface area contributed by atoms with Gasteiger partial charge in [0.2, 0.25) is 0 Å². The lowest BCUT2D eigenvalue weighted by Gasteiger charge is -2.02. The maximum absolute atomic E-state index is 11.7. The van der Waals surface area contributed by atoms with E-state index in [1.54, 1.807) is 0 Å². The summed E-state index contributed by atoms with van der Waals surface area (Å²) < 4.78 is 16.7. The average Bonchev–Trinajstić information content (AvgIpc) is 2.01. The summed E-state index contributed by atoms with van der Waals surface area (Å²) in [5.41, 5.74) is 1.13. The molecule has 0 amide bonds. The van der Waals surface area contributed by atoms with Gasteiger partial charge in [-0.2, -0.15) is 0 Å². The number of hydrogen-bond acceptors (Lipinski definition) is 1. The lowest BCUT2D eigenvalue weighted by Crippen LogP contribution is -1.98. The SMILES string of the molecule is Cc1cccc(OCCF)c1. The fourth-order valence-electron chi connectivity index (χ4n) is 0.862. The number of benzene rings is 1. The van der Waals surface area contributed by atoms with Crippen molar-refractivity contribution >= 4 is 0 Å². The van der Waals surface area contributed by atoms with Gasteiger partial charge in [0.15, 0.2) is 0 Å². The fraction of sp³-hybridized carbons (Fsp3) is 0.333. The second-order valence-electron chi connectivity index (χ2n) is 2.35. The molecule has 0 saturated heterocycles. The van der Waals surface area contributed by atoms with Gasteiger partial charge in [-0.25, -0.2) is 4.39 Å². The van der Waals surface area contributed by atoms with Gasteiger partial charge in [-0.15, -0.1) is 0 Å². The van der Waals surface area contributed by atoms with Gasteiger partial charge in [-0.05, 0) is 24.6 Å². The summed E-state index contributed by atoms with van der Waals surface area (Å²) in [6.45, 7) is 1.68. The number of hydrogen-bond donors (Lipinski definition) is 0. The smallest absolute Gasteiger partial charge is 0.123 e. The van der Waals surface area contributed by atoms with Crippen LogP contribution in [0.25, 0.3) is 0 Å². The summed E-state index contributed by atoms with van der Waals surface area (Å²) in [5, 5.41) is 0. The van der Waals surface area contributed by atoms with Crippen molar-refractivity contribution in [2.45, 2.75) is 6.92 Å². The molecule has 0 atom stereocenters. The van der Waals surface area contributed by atoms with Crippen LogP contribution in [0.15, 0.2) is 24.3 Å². The monoisotopic (exact) mass is 154 g/mol. The van der Waals surface area contributed by atoms with Crippen molar-refractivity contribution in [2.75, 3.05) is 13.3 Å². The highest BCUT2D eigenvalue weighted by Gasteiger charge is 1.91. The molecule has 0 bridgehead atoms. The first-order chi connectivity index (χ1) is 5.33. The van der Waals surface area contributed by atoms with Crippen LogP contribution in [0.4, 0.5) is 4.39 Å². The number of halogens is 1. The normalized spacial score (nSPS) is 9.64. The standard InChI is InChI=1S/C9H11FO/c1-8-3-2-4-9(7-8)11-6-5-10/h2-4,7H,5-6H2,1H3. The van der Waals surface area contributed by atoms with E-state index < -0.39 is 6.67 Å². The van der Waals surface area contributed by atoms with Gasteiger partial charge in [0.05, 0.1) is 0 Å². The molecular weight excluding hydrogens is 143 g/mol. The Kier molecular flexibility index (Phi) is 2.90. The maximum atomic E-state index is 11.7. The van der Waals surface area contributed by atoms with Crippen molar-refractivity contribution in [2.24, 2.45) is 0 Å². The van der Waals surface area contributed by atoms with Gasteiger partial charge >= 0.3 is 0 Å². The van der Waals surface area contributed by atoms with E-state index >= 15 is 0 Å². The molecule has 11 heavy (non-hydrogen) atoms. The Morgan fingerprint density at radius 1 is 1.45 bits per heavy atom. The molecule has 0 heterocycles. The van der Waals surface area contributed by atoms with Crippen molar-refractivity contribution in [1.29, 1.82) is 0 Å². The molecule has 0 aromatic heterocycles. The summed E-state index contributed by atoms with van der Waals surface area (Å²) in [4.78, 5) is 0. The van der Waals surface area contributed by atoms with E-state index in [9.17, 15) is 4.39 Å². The number of ether oxygens (including phenoxy) is 1. The molecule has 60 valence electrons. The van der Waals surface area contributed by atoms with E-state index in [0.29, 0.717) is 0 Å². The molecule has 1 aromatic carbocycles. The quantitative estimate of drug-likeness (QED) is 0.649. The van der Waals surface area contributed by atoms with Gasteiger partial charge in [-0.1, -0.05) is 12.1 Å². The minimum Gasteiger partial charge on any atom is -0.491 e. The van der Waals surface area contributed by atoms with E-state index in [1.165, 1.54) is 0 Å². The minimum atomic E-state index is -0.437. The third-order valence-electron chi connectivity index (χ3n) is 1.34. The van der Waals surface area contributed by atoms with Crippen molar-refractivity contribution in [3.8, 4) is 5.75 Å². The molecule has 0 aliphatic carbocycles. The van der Waals surface area contributed by atoms with Crippen LogP contribution < -0.4 is 4.74 Å². The molecule has 0 saturated carbocycles. The molecular formula is C9H11FO. The molecule has 0 spiro atoms. The topological polar surface area (TPSA) is 9.23 Å². The van der Waals surface area contributed by atoms with Crippen LogP contribution in [0.5, 0.6) is 5.75 Å². The molecule has 0 radical (unpaired) electrons. The van der Waals surface area contributed by atoms with Crippen LogP contribution in [0.3, 0.4) is 0 Å². The summed E-state index contributed by atoms with van der Waals surface area (Å²) in [5.74, 6) is 0.739. The van der Waals surface area contributed by atoms with Crippen LogP contribution in [-0.4, -0.2) is 13.3 Å². The molecule has 1 rings (SSSR count). The first kappa shape index (κ1) is 8.05. The van der Waals surface area contributed by atoms with Gasteiger partial charge in [-0.3, -0.25) is 0 Å². The zero-order valence-corrected chi connectivity index (χ0v) is 6.51. The summed E-state index contributed by atoms with van der Waals surface area (Å²) >= 11 is 0. The fourth-order valence-corrected chi connectivity index (χ4v) is 0.862. The Bertz CT molecular complexity index is 223. The molecule has 0 fully saturated rings. The first-order valence-corrected chi connectivity index (χ1v) is 3.58. The Hall–Kier alpha value is -1.05. The maximum Gasteiger partial charge on any atom is 0.123 e. The van der Waals surface area contributed by atoms with Crippen LogP contribution in [0, 0.1) is 6.92 Å². The third kappa shape index (κ3) is 2.58. The summed E-state index contributed by atoms with van der Waals surface area (Å²) in [6, 6.07) is 7.57. The number of aryl methyl sites for hydroxylation is 1. The highest BCUT2D eigenvalue weighted by atomic mass is 19.1. The van der Waals surface area contributed by atoms with Crippen molar-refractivity contribution in [1.82, 2.24) is 0 Å². The van der Waals surface area contributed by atoms with Crippen LogP contribution in [-0.2, 0) is 0 Å². The van der Waals surface area contributed by atoms with Crippen LogP contribution >= 0.6 is 0 Å². The number of rotatable bonds is 3. The van der Waals surface area contributed by atoms with E-state index in [1.807, 2.05) is 31.2 Å². The Labute approximate surface area is 65.8 Å². The van der Waals surface area contributed by atoms with Crippen molar-refractivity contribution in [3.63, 3.8) is 0 Å². The largest absolute Gasteiger partial charge is 0.491 e. The van der Waals surface area contributed by atoms with E-state index in [2.05, 4.69) is 0 Å². The lowest BCUT2D eigenvalue weighted by molar-refractivity contribution is 0.273.